The first-order chi connectivity index (χ1) is 7.22. The fourth-order valence-corrected chi connectivity index (χ4v) is 2.10. The summed E-state index contributed by atoms with van der Waals surface area (Å²) in [5.74, 6) is -3.24. The number of carboxylic acid groups (broad SMARTS) is 2. The Labute approximate surface area is 93.4 Å². The minimum absolute atomic E-state index is 0.0926. The first-order valence-corrected chi connectivity index (χ1v) is 6.65. The minimum atomic E-state index is -2.33. The maximum atomic E-state index is 10.9. The second-order valence-corrected chi connectivity index (χ2v) is 5.76. The molecule has 1 rings (SSSR count). The molecule has 1 heterocycles. The zero-order chi connectivity index (χ0) is 12.8. The molecule has 1 aliphatic rings. The summed E-state index contributed by atoms with van der Waals surface area (Å²) in [4.78, 5) is 18.2. The lowest BCUT2D eigenvalue weighted by Gasteiger charge is -2.07. The van der Waals surface area contributed by atoms with Crippen LogP contribution in [-0.4, -0.2) is 51.1 Å². The average molecular weight is 253 g/mol. The van der Waals surface area contributed by atoms with Gasteiger partial charge in [0.1, 0.15) is 0 Å². The lowest BCUT2D eigenvalue weighted by molar-refractivity contribution is -0.159. The van der Waals surface area contributed by atoms with Gasteiger partial charge < -0.3 is 14.9 Å². The molecule has 8 heteroatoms. The number of nitrogens with one attached hydrogen (secondary N) is 1. The fourth-order valence-electron chi connectivity index (χ4n) is 1.13. The predicted octanol–water partition coefficient (Wildman–Crippen LogP) is -0.00243. The zero-order valence-electron chi connectivity index (χ0n) is 8.84. The van der Waals surface area contributed by atoms with Gasteiger partial charge in [0.25, 0.3) is 0 Å². The summed E-state index contributed by atoms with van der Waals surface area (Å²) in [7, 11) is -2.33. The Morgan fingerprint density at radius 1 is 1.44 bits per heavy atom. The molecule has 94 valence electrons. The van der Waals surface area contributed by atoms with Crippen LogP contribution in [0.3, 0.4) is 0 Å². The van der Waals surface area contributed by atoms with Gasteiger partial charge in [0.15, 0.2) is 0 Å². The number of hydrogen-bond acceptors (Lipinski definition) is 5. The minimum Gasteiger partial charge on any atom is -0.473 e. The molecule has 1 saturated heterocycles. The van der Waals surface area contributed by atoms with Crippen molar-refractivity contribution in [3.8, 4) is 0 Å². The summed E-state index contributed by atoms with van der Waals surface area (Å²) in [5, 5.41) is 14.8. The van der Waals surface area contributed by atoms with Gasteiger partial charge in [0.2, 0.25) is 0 Å². The van der Waals surface area contributed by atoms with Crippen molar-refractivity contribution in [2.24, 2.45) is 0 Å². The topological polar surface area (TPSA) is 125 Å². The van der Waals surface area contributed by atoms with E-state index in [0.29, 0.717) is 5.75 Å². The number of carboxylic acids is 2. The van der Waals surface area contributed by atoms with Crippen LogP contribution in [0, 0.1) is 4.78 Å². The van der Waals surface area contributed by atoms with Crippen molar-refractivity contribution in [3.05, 3.63) is 0 Å². The van der Waals surface area contributed by atoms with E-state index in [1.807, 2.05) is 0 Å². The summed E-state index contributed by atoms with van der Waals surface area (Å²) in [6.07, 6.45) is 3.59. The summed E-state index contributed by atoms with van der Waals surface area (Å²) in [6, 6.07) is 0. The Balaban J connectivity index is 0.000000325. The first kappa shape index (κ1) is 14.8. The number of hydrogen-bond donors (Lipinski definition) is 3. The third-order valence-electron chi connectivity index (χ3n) is 1.71. The van der Waals surface area contributed by atoms with Gasteiger partial charge in [-0.3, -0.25) is 8.99 Å². The zero-order valence-corrected chi connectivity index (χ0v) is 9.66. The summed E-state index contributed by atoms with van der Waals surface area (Å²) in [6.45, 7) is 0.778. The predicted molar refractivity (Wildman–Crippen MR) is 55.9 cm³/mol. The summed E-state index contributed by atoms with van der Waals surface area (Å²) in [5.41, 5.74) is 0. The third kappa shape index (κ3) is 8.18. The van der Waals surface area contributed by atoms with Gasteiger partial charge >= 0.3 is 11.9 Å². The maximum Gasteiger partial charge on any atom is 0.414 e. The van der Waals surface area contributed by atoms with Crippen molar-refractivity contribution in [1.29, 1.82) is 4.78 Å². The number of carbonyl (C=O) groups is 2. The molecular weight excluding hydrogens is 238 g/mol. The lowest BCUT2D eigenvalue weighted by atomic mass is 10.3. The van der Waals surface area contributed by atoms with Gasteiger partial charge in [0, 0.05) is 22.6 Å². The molecule has 7 nitrogen and oxygen atoms in total. The van der Waals surface area contributed by atoms with E-state index in [0.717, 1.165) is 19.4 Å². The molecule has 0 radical (unpaired) electrons. The van der Waals surface area contributed by atoms with Crippen molar-refractivity contribution in [1.82, 2.24) is 0 Å². The Morgan fingerprint density at radius 2 is 1.94 bits per heavy atom. The van der Waals surface area contributed by atoms with E-state index in [4.69, 9.17) is 29.3 Å². The first-order valence-electron chi connectivity index (χ1n) is 4.51. The normalized spacial score (nSPS) is 22.7. The molecule has 3 N–H and O–H groups in total. The van der Waals surface area contributed by atoms with Gasteiger partial charge in [-0.05, 0) is 12.8 Å². The van der Waals surface area contributed by atoms with Crippen LogP contribution >= 0.6 is 0 Å². The molecule has 0 aromatic heterocycles. The van der Waals surface area contributed by atoms with Crippen LogP contribution in [0.5, 0.6) is 0 Å². The molecule has 0 aromatic carbocycles. The van der Waals surface area contributed by atoms with Crippen LogP contribution in [0.1, 0.15) is 12.8 Å². The molecule has 1 fully saturated rings. The molecule has 0 saturated carbocycles. The van der Waals surface area contributed by atoms with E-state index in [2.05, 4.69) is 0 Å². The Bertz CT molecular complexity index is 332. The third-order valence-corrected chi connectivity index (χ3v) is 2.72. The molecule has 2 atom stereocenters. The van der Waals surface area contributed by atoms with E-state index in [9.17, 15) is 4.21 Å². The van der Waals surface area contributed by atoms with Crippen LogP contribution in [0.25, 0.3) is 0 Å². The highest BCUT2D eigenvalue weighted by atomic mass is 32.2. The maximum absolute atomic E-state index is 10.9. The number of aliphatic carboxylic acids is 2. The molecule has 0 amide bonds. The highest BCUT2D eigenvalue weighted by Crippen LogP contribution is 2.13. The highest BCUT2D eigenvalue weighted by molar-refractivity contribution is 7.91. The van der Waals surface area contributed by atoms with Crippen LogP contribution in [0.4, 0.5) is 0 Å². The van der Waals surface area contributed by atoms with E-state index in [1.165, 1.54) is 6.26 Å². The quantitative estimate of drug-likeness (QED) is 0.595. The van der Waals surface area contributed by atoms with Gasteiger partial charge in [-0.2, -0.15) is 0 Å². The number of rotatable bonds is 2. The standard InChI is InChI=1S/C6H13NO2S.C2H2O4/c1-10(7,8)5-6-3-2-4-9-6;3-1(4)2(5)6/h6-7H,2-5H2,1H3;(H,3,4)(H,5,6). The Morgan fingerprint density at radius 3 is 2.19 bits per heavy atom. The van der Waals surface area contributed by atoms with Gasteiger partial charge in [-0.25, -0.2) is 9.59 Å². The molecule has 0 bridgehead atoms. The molecular formula is C8H15NO6S. The van der Waals surface area contributed by atoms with Crippen LogP contribution in [0.2, 0.25) is 0 Å². The molecule has 0 spiro atoms. The van der Waals surface area contributed by atoms with Crippen molar-refractivity contribution in [2.75, 3.05) is 18.6 Å². The molecule has 0 aromatic rings. The summed E-state index contributed by atoms with van der Waals surface area (Å²) >= 11 is 0. The van der Waals surface area contributed by atoms with Crippen molar-refractivity contribution < 1.29 is 28.7 Å². The largest absolute Gasteiger partial charge is 0.473 e. The SMILES string of the molecule is CS(=N)(=O)CC1CCCO1.O=C(O)C(=O)O. The second-order valence-electron chi connectivity index (χ2n) is 3.42. The van der Waals surface area contributed by atoms with Gasteiger partial charge in [-0.1, -0.05) is 0 Å². The molecule has 2 unspecified atom stereocenters. The van der Waals surface area contributed by atoms with Crippen LogP contribution in [0.15, 0.2) is 0 Å². The van der Waals surface area contributed by atoms with E-state index in [-0.39, 0.29) is 6.10 Å². The monoisotopic (exact) mass is 253 g/mol. The van der Waals surface area contributed by atoms with Crippen LogP contribution < -0.4 is 0 Å². The van der Waals surface area contributed by atoms with E-state index >= 15 is 0 Å². The molecule has 1 aliphatic heterocycles. The van der Waals surface area contributed by atoms with E-state index < -0.39 is 21.7 Å². The Kier molecular flexibility index (Phi) is 5.97. The van der Waals surface area contributed by atoms with Crippen molar-refractivity contribution in [2.45, 2.75) is 18.9 Å². The molecule has 0 aliphatic carbocycles. The van der Waals surface area contributed by atoms with Gasteiger partial charge in [-0.15, -0.1) is 0 Å². The van der Waals surface area contributed by atoms with E-state index in [1.54, 1.807) is 0 Å². The molecule has 16 heavy (non-hydrogen) atoms. The van der Waals surface area contributed by atoms with Crippen molar-refractivity contribution >= 4 is 21.7 Å². The lowest BCUT2D eigenvalue weighted by Crippen LogP contribution is -2.17. The number of ether oxygens (including phenoxy) is 1. The fraction of sp³-hybridized carbons (Fsp3) is 0.750. The second kappa shape index (κ2) is 6.44. The average Bonchev–Trinajstić information content (AvgIpc) is 2.54. The highest BCUT2D eigenvalue weighted by Gasteiger charge is 2.18. The van der Waals surface area contributed by atoms with Gasteiger partial charge in [0.05, 0.1) is 11.9 Å². The van der Waals surface area contributed by atoms with Crippen LogP contribution in [-0.2, 0) is 24.1 Å². The smallest absolute Gasteiger partial charge is 0.414 e. The Hall–Kier alpha value is -1.15. The van der Waals surface area contributed by atoms with Crippen molar-refractivity contribution in [3.63, 3.8) is 0 Å². The summed E-state index contributed by atoms with van der Waals surface area (Å²) < 4.78 is 23.3.